The highest BCUT2D eigenvalue weighted by Gasteiger charge is 2.17. The minimum Gasteiger partial charge on any atom is -0.487 e. The molecule has 1 aromatic carbocycles. The van der Waals surface area contributed by atoms with Crippen LogP contribution in [0.5, 0.6) is 5.75 Å². The minimum atomic E-state index is -0.881. The lowest BCUT2D eigenvalue weighted by atomic mass is 10.1. The van der Waals surface area contributed by atoms with Gasteiger partial charge in [0.05, 0.1) is 11.2 Å². The van der Waals surface area contributed by atoms with Crippen LogP contribution in [0.3, 0.4) is 0 Å². The van der Waals surface area contributed by atoms with Gasteiger partial charge in [0.25, 0.3) is 5.91 Å². The summed E-state index contributed by atoms with van der Waals surface area (Å²) in [6, 6.07) is 5.65. The Kier molecular flexibility index (Phi) is 5.72. The maximum Gasteiger partial charge on any atom is 0.251 e. The highest BCUT2D eigenvalue weighted by Crippen LogP contribution is 2.14. The number of hydrogen-bond acceptors (Lipinski definition) is 5. The fraction of sp³-hybridized carbons (Fsp3) is 0.188. The number of terminal acetylenes is 1. The Morgan fingerprint density at radius 1 is 1.39 bits per heavy atom. The summed E-state index contributed by atoms with van der Waals surface area (Å²) >= 11 is 1.50. The van der Waals surface area contributed by atoms with Gasteiger partial charge in [-0.1, -0.05) is 0 Å². The number of amides is 2. The van der Waals surface area contributed by atoms with Gasteiger partial charge >= 0.3 is 0 Å². The van der Waals surface area contributed by atoms with Crippen molar-refractivity contribution in [2.75, 3.05) is 0 Å². The number of nitrogens with two attached hydrogens (primary N) is 1. The van der Waals surface area contributed by atoms with E-state index in [1.807, 2.05) is 5.38 Å². The van der Waals surface area contributed by atoms with Crippen LogP contribution in [0.1, 0.15) is 22.5 Å². The summed E-state index contributed by atoms with van der Waals surface area (Å²) in [4.78, 5) is 27.4. The zero-order valence-electron chi connectivity index (χ0n) is 12.2. The molecule has 7 heteroatoms. The summed E-state index contributed by atoms with van der Waals surface area (Å²) in [6.07, 6.45) is 5.20. The van der Waals surface area contributed by atoms with E-state index in [0.717, 1.165) is 5.69 Å². The number of nitrogens with one attached hydrogen (secondary N) is 1. The number of thiazole rings is 1. The maximum atomic E-state index is 12.1. The van der Waals surface area contributed by atoms with Gasteiger partial charge in [-0.05, 0) is 24.3 Å². The fourth-order valence-electron chi connectivity index (χ4n) is 1.75. The first kappa shape index (κ1) is 16.5. The molecule has 6 nitrogen and oxygen atoms in total. The Hall–Kier alpha value is -2.85. The van der Waals surface area contributed by atoms with Crippen LogP contribution in [0.2, 0.25) is 0 Å². The standard InChI is InChI=1S/C16H15N3O3S/c1-2-3-14(15(17)20)19-16(21)11-4-6-13(7-5-11)22-8-12-9-23-10-18-12/h1,4-7,9-10,14H,3,8H2,(H2,17,20)(H,19,21). The van der Waals surface area contributed by atoms with Crippen molar-refractivity contribution in [3.8, 4) is 18.1 Å². The van der Waals surface area contributed by atoms with Crippen LogP contribution in [0, 0.1) is 12.3 Å². The number of carbonyl (C=O) groups excluding carboxylic acids is 2. The molecule has 1 unspecified atom stereocenters. The number of ether oxygens (including phenoxy) is 1. The normalized spacial score (nSPS) is 11.3. The van der Waals surface area contributed by atoms with Crippen molar-refractivity contribution in [2.45, 2.75) is 19.1 Å². The van der Waals surface area contributed by atoms with E-state index < -0.39 is 17.9 Å². The molecule has 2 aromatic rings. The molecular weight excluding hydrogens is 314 g/mol. The van der Waals surface area contributed by atoms with Crippen LogP contribution < -0.4 is 15.8 Å². The Balaban J connectivity index is 1.94. The van der Waals surface area contributed by atoms with Crippen LogP contribution >= 0.6 is 11.3 Å². The van der Waals surface area contributed by atoms with Gasteiger partial charge in [-0.2, -0.15) is 0 Å². The second kappa shape index (κ2) is 7.96. The first-order chi connectivity index (χ1) is 11.1. The fourth-order valence-corrected chi connectivity index (χ4v) is 2.29. The van der Waals surface area contributed by atoms with Crippen molar-refractivity contribution in [1.29, 1.82) is 0 Å². The summed E-state index contributed by atoms with van der Waals surface area (Å²) in [5.74, 6) is 1.83. The Morgan fingerprint density at radius 2 is 2.13 bits per heavy atom. The van der Waals surface area contributed by atoms with Crippen molar-refractivity contribution in [1.82, 2.24) is 10.3 Å². The Morgan fingerprint density at radius 3 is 2.70 bits per heavy atom. The number of benzene rings is 1. The van der Waals surface area contributed by atoms with Crippen LogP contribution in [0.15, 0.2) is 35.2 Å². The van der Waals surface area contributed by atoms with Gasteiger partial charge in [0.1, 0.15) is 18.4 Å². The summed E-state index contributed by atoms with van der Waals surface area (Å²) in [5, 5.41) is 4.40. The van der Waals surface area contributed by atoms with Gasteiger partial charge in [-0.15, -0.1) is 23.7 Å². The Bertz CT molecular complexity index is 705. The lowest BCUT2D eigenvalue weighted by Crippen LogP contribution is -2.44. The lowest BCUT2D eigenvalue weighted by molar-refractivity contribution is -0.119. The lowest BCUT2D eigenvalue weighted by Gasteiger charge is -2.13. The van der Waals surface area contributed by atoms with E-state index in [1.165, 1.54) is 11.3 Å². The molecule has 3 N–H and O–H groups in total. The topological polar surface area (TPSA) is 94.3 Å². The summed E-state index contributed by atoms with van der Waals surface area (Å²) < 4.78 is 5.55. The first-order valence-electron chi connectivity index (χ1n) is 6.73. The summed E-state index contributed by atoms with van der Waals surface area (Å²) in [5.41, 5.74) is 8.15. The van der Waals surface area contributed by atoms with E-state index >= 15 is 0 Å². The maximum absolute atomic E-state index is 12.1. The van der Waals surface area contributed by atoms with Crippen LogP contribution in [0.4, 0.5) is 0 Å². The van der Waals surface area contributed by atoms with Crippen LogP contribution in [0.25, 0.3) is 0 Å². The van der Waals surface area contributed by atoms with E-state index in [4.69, 9.17) is 16.9 Å². The van der Waals surface area contributed by atoms with E-state index in [9.17, 15) is 9.59 Å². The predicted octanol–water partition coefficient (Wildman–Crippen LogP) is 1.33. The average molecular weight is 329 g/mol. The molecule has 0 bridgehead atoms. The van der Waals surface area contributed by atoms with Gasteiger partial charge in [0.15, 0.2) is 0 Å². The second-order valence-corrected chi connectivity index (χ2v) is 5.35. The van der Waals surface area contributed by atoms with Gasteiger partial charge in [0.2, 0.25) is 5.91 Å². The molecular formula is C16H15N3O3S. The largest absolute Gasteiger partial charge is 0.487 e. The third kappa shape index (κ3) is 4.83. The van der Waals surface area contributed by atoms with Gasteiger partial charge in [-0.3, -0.25) is 9.59 Å². The summed E-state index contributed by atoms with van der Waals surface area (Å²) in [7, 11) is 0. The smallest absolute Gasteiger partial charge is 0.251 e. The van der Waals surface area contributed by atoms with Crippen molar-refractivity contribution in [2.24, 2.45) is 5.73 Å². The summed E-state index contributed by atoms with van der Waals surface area (Å²) in [6.45, 7) is 0.362. The number of carbonyl (C=O) groups is 2. The SMILES string of the molecule is C#CCC(NC(=O)c1ccc(OCc2cscn2)cc1)C(N)=O. The molecule has 23 heavy (non-hydrogen) atoms. The molecule has 1 atom stereocenters. The highest BCUT2D eigenvalue weighted by atomic mass is 32.1. The quantitative estimate of drug-likeness (QED) is 0.749. The number of nitrogens with zero attached hydrogens (tertiary/aromatic N) is 1. The van der Waals surface area contributed by atoms with Crippen LogP contribution in [-0.4, -0.2) is 22.8 Å². The number of primary amides is 1. The molecule has 0 fully saturated rings. The molecule has 0 radical (unpaired) electrons. The predicted molar refractivity (Wildman–Crippen MR) is 86.8 cm³/mol. The average Bonchev–Trinajstić information content (AvgIpc) is 3.06. The molecule has 0 saturated carbocycles. The van der Waals surface area contributed by atoms with Gasteiger partial charge in [-0.25, -0.2) is 4.98 Å². The van der Waals surface area contributed by atoms with Crippen molar-refractivity contribution in [3.05, 3.63) is 46.4 Å². The zero-order chi connectivity index (χ0) is 16.7. The van der Waals surface area contributed by atoms with Crippen molar-refractivity contribution < 1.29 is 14.3 Å². The van der Waals surface area contributed by atoms with E-state index in [-0.39, 0.29) is 6.42 Å². The minimum absolute atomic E-state index is 0.0515. The molecule has 2 amide bonds. The first-order valence-corrected chi connectivity index (χ1v) is 7.68. The van der Waals surface area contributed by atoms with Gasteiger partial charge < -0.3 is 15.8 Å². The number of rotatable bonds is 7. The van der Waals surface area contributed by atoms with E-state index in [2.05, 4.69) is 16.2 Å². The number of hydrogen-bond donors (Lipinski definition) is 2. The van der Waals surface area contributed by atoms with Crippen LogP contribution in [-0.2, 0) is 11.4 Å². The molecule has 0 aliphatic carbocycles. The van der Waals surface area contributed by atoms with Gasteiger partial charge in [0, 0.05) is 17.4 Å². The highest BCUT2D eigenvalue weighted by molar-refractivity contribution is 7.07. The Labute approximate surface area is 137 Å². The zero-order valence-corrected chi connectivity index (χ0v) is 13.0. The van der Waals surface area contributed by atoms with E-state index in [1.54, 1.807) is 29.8 Å². The molecule has 1 heterocycles. The third-order valence-corrected chi connectivity index (χ3v) is 3.59. The third-order valence-electron chi connectivity index (χ3n) is 2.96. The van der Waals surface area contributed by atoms with Crippen molar-refractivity contribution >= 4 is 23.2 Å². The molecule has 0 spiro atoms. The second-order valence-electron chi connectivity index (χ2n) is 4.63. The monoisotopic (exact) mass is 329 g/mol. The molecule has 2 rings (SSSR count). The molecule has 0 saturated heterocycles. The number of aromatic nitrogens is 1. The molecule has 0 aliphatic rings. The molecule has 118 valence electrons. The van der Waals surface area contributed by atoms with E-state index in [0.29, 0.717) is 17.9 Å². The molecule has 1 aromatic heterocycles. The molecule has 0 aliphatic heterocycles. The van der Waals surface area contributed by atoms with Crippen molar-refractivity contribution in [3.63, 3.8) is 0 Å².